The molecule has 0 fully saturated rings. The third-order valence-electron chi connectivity index (χ3n) is 2.83. The quantitative estimate of drug-likeness (QED) is 0.796. The fraction of sp³-hybridized carbons (Fsp3) is 0.250. The van der Waals surface area contributed by atoms with Crippen LogP contribution in [0.15, 0.2) is 37.1 Å². The van der Waals surface area contributed by atoms with E-state index in [1.54, 1.807) is 19.4 Å². The molecule has 0 aliphatic carbocycles. The summed E-state index contributed by atoms with van der Waals surface area (Å²) in [5.41, 5.74) is 1.07. The molecule has 2 rings (SSSR count). The minimum atomic E-state index is -0.258. The summed E-state index contributed by atoms with van der Waals surface area (Å²) in [6, 6.07) is 5.58. The first-order valence-corrected chi connectivity index (χ1v) is 7.57. The van der Waals surface area contributed by atoms with Crippen LogP contribution in [0.1, 0.15) is 10.4 Å². The molecule has 1 aromatic heterocycles. The highest BCUT2D eigenvalue weighted by Gasteiger charge is 2.10. The molecule has 6 heteroatoms. The number of hydrogen-bond donors (Lipinski definition) is 1. The summed E-state index contributed by atoms with van der Waals surface area (Å²) in [6.45, 7) is 5.53. The van der Waals surface area contributed by atoms with Crippen molar-refractivity contribution < 1.29 is 14.3 Å². The number of hydrogen-bond acceptors (Lipinski definition) is 5. The van der Waals surface area contributed by atoms with Crippen LogP contribution in [-0.2, 0) is 11.2 Å². The number of benzene rings is 1. The molecule has 0 unspecified atom stereocenters. The van der Waals surface area contributed by atoms with Gasteiger partial charge in [-0.15, -0.1) is 17.9 Å². The van der Waals surface area contributed by atoms with E-state index < -0.39 is 0 Å². The summed E-state index contributed by atoms with van der Waals surface area (Å²) in [5, 5.41) is 3.26. The molecule has 0 saturated heterocycles. The zero-order valence-electron chi connectivity index (χ0n) is 12.6. The van der Waals surface area contributed by atoms with Crippen molar-refractivity contribution in [1.82, 2.24) is 4.98 Å². The highest BCUT2D eigenvalue weighted by atomic mass is 32.1. The number of carbonyl (C=O) groups is 1. The van der Waals surface area contributed by atoms with E-state index in [0.29, 0.717) is 16.6 Å². The fourth-order valence-electron chi connectivity index (χ4n) is 1.84. The number of thiazole rings is 1. The summed E-state index contributed by atoms with van der Waals surface area (Å²) in [6.07, 6.45) is 4.28. The predicted octanol–water partition coefficient (Wildman–Crippen LogP) is 3.21. The number of aryl methyl sites for hydroxylation is 1. The van der Waals surface area contributed by atoms with Crippen LogP contribution < -0.4 is 14.8 Å². The van der Waals surface area contributed by atoms with Gasteiger partial charge in [0.2, 0.25) is 0 Å². The highest BCUT2D eigenvalue weighted by Crippen LogP contribution is 2.28. The fourth-order valence-corrected chi connectivity index (χ4v) is 2.52. The van der Waals surface area contributed by atoms with E-state index in [1.807, 2.05) is 25.1 Å². The van der Waals surface area contributed by atoms with E-state index >= 15 is 0 Å². The van der Waals surface area contributed by atoms with Crippen LogP contribution in [0.25, 0.3) is 0 Å². The molecule has 1 heterocycles. The van der Waals surface area contributed by atoms with E-state index in [1.165, 1.54) is 11.3 Å². The molecule has 0 spiro atoms. The number of nitrogens with zero attached hydrogens (tertiary/aromatic N) is 1. The molecule has 2 aromatic rings. The maximum Gasteiger partial charge on any atom is 0.264 e. The largest absolute Gasteiger partial charge is 0.493 e. The lowest BCUT2D eigenvalue weighted by Gasteiger charge is -2.11. The van der Waals surface area contributed by atoms with Gasteiger partial charge in [0.15, 0.2) is 23.2 Å². The average Bonchev–Trinajstić information content (AvgIpc) is 2.91. The van der Waals surface area contributed by atoms with E-state index in [9.17, 15) is 4.79 Å². The second kappa shape index (κ2) is 7.61. The Balaban J connectivity index is 1.95. The second-order valence-corrected chi connectivity index (χ2v) is 5.83. The standard InChI is InChI=1S/C16H18N2O3S/c1-4-5-12-6-7-13(14(8-12)20-3)21-10-15(19)18-16-17-9-11(2)22-16/h4,6-9H,1,5,10H2,2-3H3,(H,17,18,19). The summed E-state index contributed by atoms with van der Waals surface area (Å²) in [4.78, 5) is 17.0. The predicted molar refractivity (Wildman–Crippen MR) is 87.9 cm³/mol. The van der Waals surface area contributed by atoms with Crippen molar-refractivity contribution in [2.75, 3.05) is 19.0 Å². The Kier molecular flexibility index (Phi) is 5.55. The molecule has 5 nitrogen and oxygen atoms in total. The number of rotatable bonds is 7. The van der Waals surface area contributed by atoms with Gasteiger partial charge in [0, 0.05) is 11.1 Å². The van der Waals surface area contributed by atoms with Crippen molar-refractivity contribution in [3.05, 3.63) is 47.5 Å². The Morgan fingerprint density at radius 3 is 2.91 bits per heavy atom. The lowest BCUT2D eigenvalue weighted by atomic mass is 10.1. The first kappa shape index (κ1) is 16.0. The molecule has 0 aliphatic rings. The molecule has 0 saturated carbocycles. The van der Waals surface area contributed by atoms with Gasteiger partial charge in [-0.1, -0.05) is 12.1 Å². The van der Waals surface area contributed by atoms with Gasteiger partial charge in [-0.25, -0.2) is 4.98 Å². The van der Waals surface area contributed by atoms with Crippen LogP contribution >= 0.6 is 11.3 Å². The van der Waals surface area contributed by atoms with Crippen LogP contribution in [0.3, 0.4) is 0 Å². The maximum absolute atomic E-state index is 11.8. The molecule has 0 atom stereocenters. The molecule has 116 valence electrons. The van der Waals surface area contributed by atoms with Gasteiger partial charge in [0.25, 0.3) is 5.91 Å². The van der Waals surface area contributed by atoms with Gasteiger partial charge in [-0.2, -0.15) is 0 Å². The summed E-state index contributed by atoms with van der Waals surface area (Å²) >= 11 is 1.42. The van der Waals surface area contributed by atoms with Gasteiger partial charge < -0.3 is 9.47 Å². The van der Waals surface area contributed by atoms with Crippen molar-refractivity contribution >= 4 is 22.4 Å². The minimum absolute atomic E-state index is 0.101. The summed E-state index contributed by atoms with van der Waals surface area (Å²) < 4.78 is 10.8. The number of methoxy groups -OCH3 is 1. The van der Waals surface area contributed by atoms with Gasteiger partial charge in [-0.3, -0.25) is 10.1 Å². The van der Waals surface area contributed by atoms with E-state index in [0.717, 1.165) is 16.9 Å². The number of amides is 1. The molecule has 1 aromatic carbocycles. The number of ether oxygens (including phenoxy) is 2. The highest BCUT2D eigenvalue weighted by molar-refractivity contribution is 7.15. The third-order valence-corrected chi connectivity index (χ3v) is 3.66. The zero-order chi connectivity index (χ0) is 15.9. The van der Waals surface area contributed by atoms with E-state index in [-0.39, 0.29) is 12.5 Å². The number of nitrogens with one attached hydrogen (secondary N) is 1. The average molecular weight is 318 g/mol. The number of anilines is 1. The Morgan fingerprint density at radius 2 is 2.27 bits per heavy atom. The molecular weight excluding hydrogens is 300 g/mol. The van der Waals surface area contributed by atoms with Crippen LogP contribution in [0.2, 0.25) is 0 Å². The molecule has 0 aliphatic heterocycles. The summed E-state index contributed by atoms with van der Waals surface area (Å²) in [7, 11) is 1.57. The molecule has 1 amide bonds. The lowest BCUT2D eigenvalue weighted by molar-refractivity contribution is -0.118. The van der Waals surface area contributed by atoms with Crippen molar-refractivity contribution in [3.63, 3.8) is 0 Å². The van der Waals surface area contributed by atoms with Crippen LogP contribution in [0, 0.1) is 6.92 Å². The van der Waals surface area contributed by atoms with Crippen molar-refractivity contribution in [1.29, 1.82) is 0 Å². The van der Waals surface area contributed by atoms with Crippen LogP contribution in [0.4, 0.5) is 5.13 Å². The summed E-state index contributed by atoms with van der Waals surface area (Å²) in [5.74, 6) is 0.865. The monoisotopic (exact) mass is 318 g/mol. The molecule has 1 N–H and O–H groups in total. The van der Waals surface area contributed by atoms with Gasteiger partial charge in [0.1, 0.15) is 0 Å². The van der Waals surface area contributed by atoms with Crippen LogP contribution in [-0.4, -0.2) is 24.6 Å². The van der Waals surface area contributed by atoms with Crippen LogP contribution in [0.5, 0.6) is 11.5 Å². The molecule has 22 heavy (non-hydrogen) atoms. The normalized spacial score (nSPS) is 10.1. The lowest BCUT2D eigenvalue weighted by Crippen LogP contribution is -2.20. The Bertz CT molecular complexity index is 667. The topological polar surface area (TPSA) is 60.5 Å². The van der Waals surface area contributed by atoms with E-state index in [2.05, 4.69) is 16.9 Å². The third kappa shape index (κ3) is 4.33. The Labute approximate surface area is 133 Å². The molecule has 0 bridgehead atoms. The number of carbonyl (C=O) groups excluding carboxylic acids is 1. The van der Waals surface area contributed by atoms with Gasteiger partial charge in [-0.05, 0) is 31.0 Å². The van der Waals surface area contributed by atoms with E-state index in [4.69, 9.17) is 9.47 Å². The zero-order valence-corrected chi connectivity index (χ0v) is 13.4. The maximum atomic E-state index is 11.8. The molecular formula is C16H18N2O3S. The first-order chi connectivity index (χ1) is 10.6. The smallest absolute Gasteiger partial charge is 0.264 e. The SMILES string of the molecule is C=CCc1ccc(OCC(=O)Nc2ncc(C)s2)c(OC)c1. The van der Waals surface area contributed by atoms with Crippen molar-refractivity contribution in [3.8, 4) is 11.5 Å². The van der Waals surface area contributed by atoms with Gasteiger partial charge >= 0.3 is 0 Å². The second-order valence-electron chi connectivity index (χ2n) is 4.59. The first-order valence-electron chi connectivity index (χ1n) is 6.75. The Morgan fingerprint density at radius 1 is 1.45 bits per heavy atom. The minimum Gasteiger partial charge on any atom is -0.493 e. The van der Waals surface area contributed by atoms with Gasteiger partial charge in [0.05, 0.1) is 7.11 Å². The Hall–Kier alpha value is -2.34. The van der Waals surface area contributed by atoms with Crippen molar-refractivity contribution in [2.45, 2.75) is 13.3 Å². The number of aromatic nitrogens is 1. The number of allylic oxidation sites excluding steroid dienone is 1. The molecule has 0 radical (unpaired) electrons. The van der Waals surface area contributed by atoms with Crippen molar-refractivity contribution in [2.24, 2.45) is 0 Å².